The third kappa shape index (κ3) is 3.66. The van der Waals surface area contributed by atoms with Crippen LogP contribution in [0.3, 0.4) is 0 Å². The Morgan fingerprint density at radius 2 is 1.19 bits per heavy atom. The lowest BCUT2D eigenvalue weighted by molar-refractivity contribution is 0.912. The molecule has 1 unspecified atom stereocenters. The van der Waals surface area contributed by atoms with E-state index in [2.05, 4.69) is 136 Å². The van der Waals surface area contributed by atoms with Gasteiger partial charge in [0.05, 0.1) is 28.1 Å². The van der Waals surface area contributed by atoms with E-state index >= 15 is 0 Å². The number of nitrogens with zero attached hydrogens (tertiary/aromatic N) is 2. The molecule has 1 aliphatic rings. The van der Waals surface area contributed by atoms with Crippen LogP contribution >= 0.6 is 0 Å². The van der Waals surface area contributed by atoms with Crippen molar-refractivity contribution in [2.24, 2.45) is 5.73 Å². The first kappa shape index (κ1) is 24.5. The fraction of sp³-hybridized carbons (Fsp3) is 0.0526. The summed E-state index contributed by atoms with van der Waals surface area (Å²) in [5.74, 6) is 0.997. The van der Waals surface area contributed by atoms with Crippen LogP contribution in [-0.4, -0.2) is 22.2 Å². The Morgan fingerprint density at radius 1 is 0.619 bits per heavy atom. The molecule has 0 aliphatic heterocycles. The fourth-order valence-corrected chi connectivity index (χ4v) is 6.58. The molecule has 0 saturated carbocycles. The molecule has 0 spiro atoms. The second-order valence-electron chi connectivity index (χ2n) is 10.8. The van der Waals surface area contributed by atoms with Crippen molar-refractivity contribution in [3.8, 4) is 16.8 Å². The van der Waals surface area contributed by atoms with Crippen LogP contribution in [0.5, 0.6) is 0 Å². The topological polar surface area (TPSA) is 47.9 Å². The second kappa shape index (κ2) is 9.65. The largest absolute Gasteiger partial charge is 0.374 e. The summed E-state index contributed by atoms with van der Waals surface area (Å²) in [6.45, 7) is 0. The molecule has 8 rings (SSSR count). The highest BCUT2D eigenvalue weighted by atomic mass is 15.1. The molecule has 5 aromatic carbocycles. The summed E-state index contributed by atoms with van der Waals surface area (Å²) in [6.07, 6.45) is 8.19. The van der Waals surface area contributed by atoms with Crippen LogP contribution in [0.25, 0.3) is 66.2 Å². The van der Waals surface area contributed by atoms with Gasteiger partial charge in [-0.25, -0.2) is 0 Å². The van der Waals surface area contributed by atoms with Crippen LogP contribution in [-0.2, 0) is 0 Å². The molecule has 4 nitrogen and oxygen atoms in total. The van der Waals surface area contributed by atoms with E-state index in [1.807, 2.05) is 25.3 Å². The number of hydrogen-bond donors (Lipinski definition) is 2. The van der Waals surface area contributed by atoms with Crippen molar-refractivity contribution in [2.75, 3.05) is 7.05 Å². The Balaban J connectivity index is 1.34. The summed E-state index contributed by atoms with van der Waals surface area (Å²) in [5, 5.41) is 8.40. The maximum Gasteiger partial charge on any atom is 0.115 e. The highest BCUT2D eigenvalue weighted by Crippen LogP contribution is 2.38. The van der Waals surface area contributed by atoms with Gasteiger partial charge in [-0.3, -0.25) is 4.57 Å². The highest BCUT2D eigenvalue weighted by molar-refractivity contribution is 6.13. The van der Waals surface area contributed by atoms with Gasteiger partial charge in [-0.2, -0.15) is 0 Å². The van der Waals surface area contributed by atoms with Gasteiger partial charge >= 0.3 is 0 Å². The highest BCUT2D eigenvalue weighted by Gasteiger charge is 2.19. The van der Waals surface area contributed by atoms with E-state index in [4.69, 9.17) is 5.73 Å². The van der Waals surface area contributed by atoms with Gasteiger partial charge in [-0.15, -0.1) is 0 Å². The Morgan fingerprint density at radius 3 is 1.90 bits per heavy atom. The minimum absolute atomic E-state index is 0.169. The maximum atomic E-state index is 6.52. The number of rotatable bonds is 4. The van der Waals surface area contributed by atoms with Crippen LogP contribution in [0.2, 0.25) is 0 Å². The van der Waals surface area contributed by atoms with E-state index < -0.39 is 0 Å². The number of benzene rings is 5. The summed E-state index contributed by atoms with van der Waals surface area (Å²) < 4.78 is 4.67. The molecule has 0 radical (unpaired) electrons. The van der Waals surface area contributed by atoms with Crippen LogP contribution in [0, 0.1) is 0 Å². The minimum Gasteiger partial charge on any atom is -0.374 e. The summed E-state index contributed by atoms with van der Waals surface area (Å²) in [5.41, 5.74) is 15.9. The molecule has 42 heavy (non-hydrogen) atoms. The molecule has 1 atom stereocenters. The van der Waals surface area contributed by atoms with Gasteiger partial charge in [0.15, 0.2) is 0 Å². The molecular weight excluding hydrogens is 512 g/mol. The maximum absolute atomic E-state index is 6.52. The van der Waals surface area contributed by atoms with Crippen molar-refractivity contribution >= 4 is 49.4 Å². The number of nitrogens with two attached hydrogens (primary N) is 1. The molecule has 202 valence electrons. The zero-order valence-electron chi connectivity index (χ0n) is 23.3. The number of aromatic nitrogens is 2. The van der Waals surface area contributed by atoms with Crippen LogP contribution in [0.4, 0.5) is 0 Å². The SMILES string of the molecule is CN/C(=C1/C=CC=CC1N)n1c2ccccc2c2cc(-c3ccc4c(c3)c3ccccc3n4-c3ccccc3)ccc21. The second-order valence-corrected chi connectivity index (χ2v) is 10.8. The average Bonchev–Trinajstić information content (AvgIpc) is 3.55. The summed E-state index contributed by atoms with van der Waals surface area (Å²) >= 11 is 0. The Hall–Kier alpha value is -5.32. The first-order valence-corrected chi connectivity index (χ1v) is 14.4. The number of hydrogen-bond acceptors (Lipinski definition) is 2. The molecular formula is C38H30N4. The molecule has 2 aromatic heterocycles. The summed E-state index contributed by atoms with van der Waals surface area (Å²) in [7, 11) is 1.97. The zero-order valence-corrected chi connectivity index (χ0v) is 23.3. The molecule has 0 bridgehead atoms. The van der Waals surface area contributed by atoms with Gasteiger partial charge in [-0.05, 0) is 59.7 Å². The monoisotopic (exact) mass is 542 g/mol. The Labute approximate surface area is 244 Å². The molecule has 4 heteroatoms. The van der Waals surface area contributed by atoms with Gasteiger partial charge in [-0.1, -0.05) is 91.0 Å². The lowest BCUT2D eigenvalue weighted by atomic mass is 10.0. The molecule has 1 aliphatic carbocycles. The van der Waals surface area contributed by atoms with Crippen LogP contribution in [0.1, 0.15) is 0 Å². The van der Waals surface area contributed by atoms with Crippen molar-refractivity contribution in [3.63, 3.8) is 0 Å². The Bertz CT molecular complexity index is 2240. The van der Waals surface area contributed by atoms with Gasteiger partial charge in [0.2, 0.25) is 0 Å². The minimum atomic E-state index is -0.169. The quantitative estimate of drug-likeness (QED) is 0.235. The van der Waals surface area contributed by atoms with Crippen molar-refractivity contribution in [3.05, 3.63) is 145 Å². The number of nitrogens with one attached hydrogen (secondary N) is 1. The third-order valence-electron chi connectivity index (χ3n) is 8.49. The van der Waals surface area contributed by atoms with E-state index in [1.165, 1.54) is 49.4 Å². The molecule has 0 saturated heterocycles. The van der Waals surface area contributed by atoms with E-state index in [-0.39, 0.29) is 6.04 Å². The summed E-state index contributed by atoms with van der Waals surface area (Å²) in [6, 6.07) is 41.4. The van der Waals surface area contributed by atoms with Crippen LogP contribution in [0.15, 0.2) is 145 Å². The van der Waals surface area contributed by atoms with Gasteiger partial charge in [0.1, 0.15) is 5.82 Å². The predicted molar refractivity (Wildman–Crippen MR) is 178 cm³/mol. The summed E-state index contributed by atoms with van der Waals surface area (Å²) in [4.78, 5) is 0. The standard InChI is InChI=1S/C38H30N4/c1-40-38(30-15-5-8-16-33(30)39)42-35-18-10-7-14-29(35)32-24-26(20-22-37(32)42)25-19-21-36-31(23-25)28-13-6-9-17-34(28)41(36)27-11-3-2-4-12-27/h2-24,33,40H,39H2,1H3/b38-30+. The molecule has 0 amide bonds. The predicted octanol–water partition coefficient (Wildman–Crippen LogP) is 8.40. The molecule has 0 fully saturated rings. The zero-order chi connectivity index (χ0) is 28.2. The third-order valence-corrected chi connectivity index (χ3v) is 8.49. The first-order chi connectivity index (χ1) is 20.7. The van der Waals surface area contributed by atoms with Crippen LogP contribution < -0.4 is 11.1 Å². The van der Waals surface area contributed by atoms with E-state index in [0.29, 0.717) is 0 Å². The van der Waals surface area contributed by atoms with Crippen molar-refractivity contribution in [1.82, 2.24) is 14.5 Å². The first-order valence-electron chi connectivity index (χ1n) is 14.4. The average molecular weight is 543 g/mol. The van der Waals surface area contributed by atoms with E-state index in [0.717, 1.165) is 22.4 Å². The van der Waals surface area contributed by atoms with Crippen molar-refractivity contribution < 1.29 is 0 Å². The van der Waals surface area contributed by atoms with E-state index in [9.17, 15) is 0 Å². The van der Waals surface area contributed by atoms with Crippen molar-refractivity contribution in [2.45, 2.75) is 6.04 Å². The normalized spacial score (nSPS) is 16.2. The number of allylic oxidation sites excluding steroid dienone is 2. The van der Waals surface area contributed by atoms with Crippen molar-refractivity contribution in [1.29, 1.82) is 0 Å². The van der Waals surface area contributed by atoms with Gasteiger partial charge < -0.3 is 15.6 Å². The molecule has 7 aromatic rings. The number of fused-ring (bicyclic) bond motifs is 6. The lowest BCUT2D eigenvalue weighted by Gasteiger charge is -2.20. The molecule has 3 N–H and O–H groups in total. The van der Waals surface area contributed by atoms with E-state index in [1.54, 1.807) is 0 Å². The van der Waals surface area contributed by atoms with Gasteiger partial charge in [0.25, 0.3) is 0 Å². The fourth-order valence-electron chi connectivity index (χ4n) is 6.58. The molecule has 2 heterocycles. The lowest BCUT2D eigenvalue weighted by Crippen LogP contribution is -2.26. The van der Waals surface area contributed by atoms with Gasteiger partial charge in [0, 0.05) is 39.9 Å². The smallest absolute Gasteiger partial charge is 0.115 e. The number of para-hydroxylation sites is 3. The Kier molecular flexibility index (Phi) is 5.62.